The lowest BCUT2D eigenvalue weighted by atomic mass is 10.3. The molecule has 0 saturated carbocycles. The zero-order chi connectivity index (χ0) is 18.9. The van der Waals surface area contributed by atoms with Gasteiger partial charge < -0.3 is 9.26 Å². The van der Waals surface area contributed by atoms with Crippen LogP contribution in [0, 0.1) is 0 Å². The standard InChI is InChI=1S/C15H11F3N2O4S2/c1-23-11-5-3-2-4-9(11)20-26(21,22)14-7-6-12(25-14)10-8-13(24-19-10)15(16,17)18/h2-8,20H,1H3. The van der Waals surface area contributed by atoms with Crippen LogP contribution in [0.3, 0.4) is 0 Å². The Hall–Kier alpha value is -2.53. The van der Waals surface area contributed by atoms with Gasteiger partial charge in [0.1, 0.15) is 15.7 Å². The Kier molecular flexibility index (Phi) is 4.67. The number of methoxy groups -OCH3 is 1. The van der Waals surface area contributed by atoms with Crippen molar-refractivity contribution < 1.29 is 30.8 Å². The number of anilines is 1. The fourth-order valence-corrected chi connectivity index (χ4v) is 4.38. The second kappa shape index (κ2) is 6.65. The van der Waals surface area contributed by atoms with Crippen molar-refractivity contribution in [3.8, 4) is 16.3 Å². The van der Waals surface area contributed by atoms with Crippen molar-refractivity contribution in [2.24, 2.45) is 0 Å². The van der Waals surface area contributed by atoms with E-state index in [1.165, 1.54) is 25.3 Å². The van der Waals surface area contributed by atoms with Gasteiger partial charge in [0.05, 0.1) is 17.7 Å². The van der Waals surface area contributed by atoms with Gasteiger partial charge in [0.2, 0.25) is 5.76 Å². The first-order valence-electron chi connectivity index (χ1n) is 7.00. The van der Waals surface area contributed by atoms with Crippen molar-refractivity contribution >= 4 is 27.0 Å². The van der Waals surface area contributed by atoms with Gasteiger partial charge in [-0.1, -0.05) is 17.3 Å². The summed E-state index contributed by atoms with van der Waals surface area (Å²) in [6.07, 6.45) is -4.66. The van der Waals surface area contributed by atoms with Gasteiger partial charge in [-0.3, -0.25) is 4.72 Å². The molecule has 0 aliphatic heterocycles. The van der Waals surface area contributed by atoms with Crippen LogP contribution in [0.15, 0.2) is 51.2 Å². The number of ether oxygens (including phenoxy) is 1. The van der Waals surface area contributed by atoms with Crippen LogP contribution in [0.5, 0.6) is 5.75 Å². The molecule has 0 unspecified atom stereocenters. The van der Waals surface area contributed by atoms with Crippen LogP contribution in [0.1, 0.15) is 5.76 Å². The maximum atomic E-state index is 12.6. The number of halogens is 3. The summed E-state index contributed by atoms with van der Waals surface area (Å²) in [5, 5.41) is 3.34. The summed E-state index contributed by atoms with van der Waals surface area (Å²) in [5.41, 5.74) is 0.145. The van der Waals surface area contributed by atoms with E-state index in [1.54, 1.807) is 18.2 Å². The molecule has 0 amide bonds. The molecule has 138 valence electrons. The van der Waals surface area contributed by atoms with E-state index >= 15 is 0 Å². The van der Waals surface area contributed by atoms with Gasteiger partial charge in [-0.2, -0.15) is 13.2 Å². The number of rotatable bonds is 5. The first-order chi connectivity index (χ1) is 12.2. The topological polar surface area (TPSA) is 81.4 Å². The summed E-state index contributed by atoms with van der Waals surface area (Å²) < 4.78 is 74.4. The Bertz CT molecular complexity index is 1030. The molecule has 0 spiro atoms. The number of hydrogen-bond acceptors (Lipinski definition) is 6. The van der Waals surface area contributed by atoms with Crippen LogP contribution in [0.25, 0.3) is 10.6 Å². The Balaban J connectivity index is 1.88. The van der Waals surface area contributed by atoms with Crippen LogP contribution < -0.4 is 9.46 Å². The molecule has 0 bridgehead atoms. The lowest BCUT2D eigenvalue weighted by molar-refractivity contribution is -0.155. The highest BCUT2D eigenvalue weighted by Gasteiger charge is 2.36. The van der Waals surface area contributed by atoms with E-state index in [0.29, 0.717) is 5.75 Å². The Morgan fingerprint density at radius 2 is 1.92 bits per heavy atom. The minimum Gasteiger partial charge on any atom is -0.495 e. The molecular weight excluding hydrogens is 393 g/mol. The van der Waals surface area contributed by atoms with E-state index in [2.05, 4.69) is 14.4 Å². The van der Waals surface area contributed by atoms with Crippen LogP contribution in [-0.2, 0) is 16.2 Å². The van der Waals surface area contributed by atoms with Gasteiger partial charge in [0.15, 0.2) is 0 Å². The van der Waals surface area contributed by atoms with Gasteiger partial charge in [0.25, 0.3) is 10.0 Å². The number of nitrogens with one attached hydrogen (secondary N) is 1. The molecule has 0 radical (unpaired) electrons. The fourth-order valence-electron chi connectivity index (χ4n) is 2.05. The third-order valence-corrected chi connectivity index (χ3v) is 6.20. The average molecular weight is 404 g/mol. The van der Waals surface area contributed by atoms with E-state index in [-0.39, 0.29) is 20.5 Å². The second-order valence-corrected chi connectivity index (χ2v) is 7.99. The molecule has 26 heavy (non-hydrogen) atoms. The lowest BCUT2D eigenvalue weighted by Crippen LogP contribution is -2.12. The molecule has 2 heterocycles. The smallest absolute Gasteiger partial charge is 0.452 e. The maximum Gasteiger partial charge on any atom is 0.452 e. The predicted molar refractivity (Wildman–Crippen MR) is 88.6 cm³/mol. The molecule has 1 N–H and O–H groups in total. The van der Waals surface area contributed by atoms with Gasteiger partial charge in [-0.25, -0.2) is 8.42 Å². The zero-order valence-electron chi connectivity index (χ0n) is 13.1. The van der Waals surface area contributed by atoms with E-state index in [9.17, 15) is 21.6 Å². The van der Waals surface area contributed by atoms with Crippen LogP contribution in [0.2, 0.25) is 0 Å². The number of para-hydroxylation sites is 2. The molecule has 0 atom stereocenters. The highest BCUT2D eigenvalue weighted by molar-refractivity contribution is 7.94. The number of sulfonamides is 1. The molecule has 0 aliphatic carbocycles. The number of nitrogens with zero attached hydrogens (tertiary/aromatic N) is 1. The van der Waals surface area contributed by atoms with Crippen molar-refractivity contribution in [2.75, 3.05) is 11.8 Å². The van der Waals surface area contributed by atoms with Gasteiger partial charge in [-0.05, 0) is 24.3 Å². The third kappa shape index (κ3) is 3.68. The predicted octanol–water partition coefficient (Wildman–Crippen LogP) is 4.23. The van der Waals surface area contributed by atoms with E-state index in [0.717, 1.165) is 17.4 Å². The summed E-state index contributed by atoms with van der Waals surface area (Å²) in [6, 6.07) is 9.79. The number of aromatic nitrogens is 1. The number of benzene rings is 1. The highest BCUT2D eigenvalue weighted by atomic mass is 32.2. The fraction of sp³-hybridized carbons (Fsp3) is 0.133. The quantitative estimate of drug-likeness (QED) is 0.688. The van der Waals surface area contributed by atoms with Crippen LogP contribution in [-0.4, -0.2) is 20.7 Å². The van der Waals surface area contributed by atoms with Gasteiger partial charge in [0, 0.05) is 6.07 Å². The Morgan fingerprint density at radius 1 is 1.19 bits per heavy atom. The molecule has 6 nitrogen and oxygen atoms in total. The van der Waals surface area contributed by atoms with Crippen molar-refractivity contribution in [2.45, 2.75) is 10.4 Å². The first-order valence-corrected chi connectivity index (χ1v) is 9.30. The van der Waals surface area contributed by atoms with Gasteiger partial charge in [-0.15, -0.1) is 11.3 Å². The molecular formula is C15H11F3N2O4S2. The normalized spacial score (nSPS) is 12.2. The highest BCUT2D eigenvalue weighted by Crippen LogP contribution is 2.36. The average Bonchev–Trinajstić information content (AvgIpc) is 3.24. The molecule has 0 fully saturated rings. The molecule has 11 heteroatoms. The minimum absolute atomic E-state index is 0.0880. The summed E-state index contributed by atoms with van der Waals surface area (Å²) in [6.45, 7) is 0. The van der Waals surface area contributed by atoms with E-state index < -0.39 is 22.0 Å². The van der Waals surface area contributed by atoms with Crippen molar-refractivity contribution in [1.29, 1.82) is 0 Å². The van der Waals surface area contributed by atoms with E-state index in [1.807, 2.05) is 0 Å². The Morgan fingerprint density at radius 3 is 2.58 bits per heavy atom. The van der Waals surface area contributed by atoms with Crippen LogP contribution in [0.4, 0.5) is 18.9 Å². The van der Waals surface area contributed by atoms with Crippen molar-refractivity contribution in [3.05, 3.63) is 48.2 Å². The molecule has 0 aliphatic rings. The van der Waals surface area contributed by atoms with Crippen molar-refractivity contribution in [1.82, 2.24) is 5.16 Å². The van der Waals surface area contributed by atoms with E-state index in [4.69, 9.17) is 4.74 Å². The first kappa shape index (κ1) is 18.3. The number of alkyl halides is 3. The lowest BCUT2D eigenvalue weighted by Gasteiger charge is -2.10. The van der Waals surface area contributed by atoms with Crippen LogP contribution >= 0.6 is 11.3 Å². The maximum absolute atomic E-state index is 12.6. The summed E-state index contributed by atoms with van der Waals surface area (Å²) in [7, 11) is -2.54. The third-order valence-electron chi connectivity index (χ3n) is 3.24. The summed E-state index contributed by atoms with van der Waals surface area (Å²) in [5.74, 6) is -0.920. The van der Waals surface area contributed by atoms with Crippen molar-refractivity contribution in [3.63, 3.8) is 0 Å². The Labute approximate surface area is 150 Å². The largest absolute Gasteiger partial charge is 0.495 e. The minimum atomic E-state index is -4.66. The summed E-state index contributed by atoms with van der Waals surface area (Å²) in [4.78, 5) is 0.227. The van der Waals surface area contributed by atoms with Gasteiger partial charge >= 0.3 is 6.18 Å². The molecule has 0 saturated heterocycles. The molecule has 3 rings (SSSR count). The SMILES string of the molecule is COc1ccccc1NS(=O)(=O)c1ccc(-c2cc(C(F)(F)F)on2)s1. The monoisotopic (exact) mass is 404 g/mol. The molecule has 1 aromatic carbocycles. The number of thiophene rings is 1. The number of hydrogen-bond donors (Lipinski definition) is 1. The molecule has 3 aromatic rings. The second-order valence-electron chi connectivity index (χ2n) is 5.00. The zero-order valence-corrected chi connectivity index (χ0v) is 14.7. The molecule has 2 aromatic heterocycles. The summed E-state index contributed by atoms with van der Waals surface area (Å²) >= 11 is 0.768.